The van der Waals surface area contributed by atoms with Crippen LogP contribution < -0.4 is 10.5 Å². The van der Waals surface area contributed by atoms with Gasteiger partial charge in [-0.05, 0) is 24.3 Å². The maximum absolute atomic E-state index is 11.7. The number of rotatable bonds is 4. The molecule has 0 radical (unpaired) electrons. The van der Waals surface area contributed by atoms with Crippen molar-refractivity contribution in [3.63, 3.8) is 0 Å². The zero-order chi connectivity index (χ0) is 15.2. The molecule has 0 spiro atoms. The highest BCUT2D eigenvalue weighted by Crippen LogP contribution is 2.12. The van der Waals surface area contributed by atoms with Gasteiger partial charge in [-0.3, -0.25) is 9.69 Å². The number of nitrogens with two attached hydrogens (primary N) is 1. The molecule has 1 saturated heterocycles. The van der Waals surface area contributed by atoms with Crippen molar-refractivity contribution in [2.24, 2.45) is 5.73 Å². The predicted molar refractivity (Wildman–Crippen MR) is 77.6 cm³/mol. The zero-order valence-corrected chi connectivity index (χ0v) is 11.8. The molecule has 1 heterocycles. The number of likely N-dealkylation sites (N-methyl/N-ethyl adjacent to an activating group) is 1. The first-order valence-corrected chi connectivity index (χ1v) is 6.59. The first-order chi connectivity index (χ1) is 10.1. The largest absolute Gasteiger partial charge is 0.492 e. The van der Waals surface area contributed by atoms with E-state index >= 15 is 0 Å². The molecule has 1 fully saturated rings. The van der Waals surface area contributed by atoms with E-state index < -0.39 is 0 Å². The lowest BCUT2D eigenvalue weighted by molar-refractivity contribution is -0.125. The third kappa shape index (κ3) is 3.74. The minimum absolute atomic E-state index is 0.132. The number of ether oxygens (including phenoxy) is 1. The highest BCUT2D eigenvalue weighted by molar-refractivity contribution is 6.01. The molecule has 0 saturated carbocycles. The first-order valence-electron chi connectivity index (χ1n) is 6.59. The number of carbonyl (C=O) groups excluding carboxylic acids is 2. The summed E-state index contributed by atoms with van der Waals surface area (Å²) < 4.78 is 5.52. The molecular weight excluding hydrogens is 270 g/mol. The Morgan fingerprint density at radius 3 is 2.57 bits per heavy atom. The van der Waals surface area contributed by atoms with Crippen LogP contribution in [0.15, 0.2) is 24.3 Å². The van der Waals surface area contributed by atoms with Gasteiger partial charge in [-0.1, -0.05) is 11.8 Å². The molecule has 2 N–H and O–H groups in total. The number of carbonyl (C=O) groups is 2. The SMILES string of the molecule is CN1CC(=O)N(CCOc2ccc(C#CCN)cc2)C1=O. The summed E-state index contributed by atoms with van der Waals surface area (Å²) in [6, 6.07) is 6.96. The molecule has 0 bridgehead atoms. The minimum atomic E-state index is -0.281. The van der Waals surface area contributed by atoms with E-state index in [1.807, 2.05) is 12.1 Å². The van der Waals surface area contributed by atoms with Gasteiger partial charge < -0.3 is 15.4 Å². The van der Waals surface area contributed by atoms with Gasteiger partial charge in [-0.2, -0.15) is 0 Å². The number of amides is 3. The Kier molecular flexibility index (Phi) is 4.80. The second-order valence-electron chi connectivity index (χ2n) is 4.56. The van der Waals surface area contributed by atoms with Crippen LogP contribution in [0.3, 0.4) is 0 Å². The quantitative estimate of drug-likeness (QED) is 0.637. The molecule has 0 aromatic heterocycles. The normalized spacial score (nSPS) is 14.2. The number of urea groups is 1. The van der Waals surface area contributed by atoms with E-state index in [-0.39, 0.29) is 31.6 Å². The Morgan fingerprint density at radius 2 is 2.00 bits per heavy atom. The lowest BCUT2D eigenvalue weighted by atomic mass is 10.2. The van der Waals surface area contributed by atoms with Crippen molar-refractivity contribution in [3.05, 3.63) is 29.8 Å². The third-order valence-electron chi connectivity index (χ3n) is 3.00. The molecule has 1 aliphatic rings. The third-order valence-corrected chi connectivity index (χ3v) is 3.00. The van der Waals surface area contributed by atoms with E-state index in [0.29, 0.717) is 12.3 Å². The summed E-state index contributed by atoms with van der Waals surface area (Å²) in [6.07, 6.45) is 0. The van der Waals surface area contributed by atoms with Crippen LogP contribution in [0.4, 0.5) is 4.79 Å². The summed E-state index contributed by atoms with van der Waals surface area (Å²) >= 11 is 0. The fourth-order valence-corrected chi connectivity index (χ4v) is 1.93. The maximum atomic E-state index is 11.7. The average molecular weight is 287 g/mol. The molecular formula is C15H17N3O3. The molecule has 0 unspecified atom stereocenters. The van der Waals surface area contributed by atoms with Gasteiger partial charge in [0.05, 0.1) is 13.1 Å². The van der Waals surface area contributed by atoms with E-state index in [0.717, 1.165) is 5.56 Å². The summed E-state index contributed by atoms with van der Waals surface area (Å²) in [5.41, 5.74) is 6.16. The van der Waals surface area contributed by atoms with E-state index in [2.05, 4.69) is 11.8 Å². The number of nitrogens with zero attached hydrogens (tertiary/aromatic N) is 2. The monoisotopic (exact) mass is 287 g/mol. The van der Waals surface area contributed by atoms with Gasteiger partial charge in [0, 0.05) is 12.6 Å². The van der Waals surface area contributed by atoms with E-state index in [9.17, 15) is 9.59 Å². The molecule has 6 heteroatoms. The standard InChI is InChI=1S/C15H17N3O3/c1-17-11-14(19)18(15(17)20)9-10-21-13-6-4-12(5-7-13)3-2-8-16/h4-7H,8-11,16H2,1H3. The first kappa shape index (κ1) is 14.9. The lowest BCUT2D eigenvalue weighted by Gasteiger charge is -2.14. The molecule has 1 aromatic carbocycles. The van der Waals surface area contributed by atoms with Crippen LogP contribution in [0.25, 0.3) is 0 Å². The van der Waals surface area contributed by atoms with Crippen molar-refractivity contribution in [2.75, 3.05) is 33.3 Å². The fraction of sp³-hybridized carbons (Fsp3) is 0.333. The summed E-state index contributed by atoms with van der Waals surface area (Å²) in [6.45, 7) is 0.966. The van der Waals surface area contributed by atoms with Gasteiger partial charge in [-0.15, -0.1) is 0 Å². The van der Waals surface area contributed by atoms with Crippen molar-refractivity contribution < 1.29 is 14.3 Å². The highest BCUT2D eigenvalue weighted by atomic mass is 16.5. The molecule has 1 aliphatic heterocycles. The van der Waals surface area contributed by atoms with E-state index in [4.69, 9.17) is 10.5 Å². The molecule has 2 rings (SSSR count). The van der Waals surface area contributed by atoms with Crippen LogP contribution in [-0.4, -0.2) is 55.0 Å². The minimum Gasteiger partial charge on any atom is -0.492 e. The molecule has 0 aliphatic carbocycles. The van der Waals surface area contributed by atoms with Crippen molar-refractivity contribution in [1.29, 1.82) is 0 Å². The van der Waals surface area contributed by atoms with Crippen molar-refractivity contribution in [2.45, 2.75) is 0 Å². The van der Waals surface area contributed by atoms with Gasteiger partial charge in [0.1, 0.15) is 18.9 Å². The van der Waals surface area contributed by atoms with E-state index in [1.165, 1.54) is 9.80 Å². The van der Waals surface area contributed by atoms with Crippen molar-refractivity contribution >= 4 is 11.9 Å². The molecule has 6 nitrogen and oxygen atoms in total. The van der Waals surface area contributed by atoms with Crippen LogP contribution in [-0.2, 0) is 4.79 Å². The van der Waals surface area contributed by atoms with Crippen molar-refractivity contribution in [1.82, 2.24) is 9.80 Å². The Labute approximate surface area is 123 Å². The fourth-order valence-electron chi connectivity index (χ4n) is 1.93. The van der Waals surface area contributed by atoms with Gasteiger partial charge >= 0.3 is 6.03 Å². The van der Waals surface area contributed by atoms with Gasteiger partial charge in [-0.25, -0.2) is 4.79 Å². The second-order valence-corrected chi connectivity index (χ2v) is 4.56. The van der Waals surface area contributed by atoms with Crippen LogP contribution >= 0.6 is 0 Å². The highest BCUT2D eigenvalue weighted by Gasteiger charge is 2.32. The summed E-state index contributed by atoms with van der Waals surface area (Å²) in [5.74, 6) is 6.16. The molecule has 110 valence electrons. The Hall–Kier alpha value is -2.52. The smallest absolute Gasteiger partial charge is 0.327 e. The summed E-state index contributed by atoms with van der Waals surface area (Å²) in [5, 5.41) is 0. The van der Waals surface area contributed by atoms with Gasteiger partial charge in [0.25, 0.3) is 0 Å². The molecule has 3 amide bonds. The Bertz CT molecular complexity index is 586. The number of hydrogen-bond donors (Lipinski definition) is 1. The topological polar surface area (TPSA) is 75.9 Å². The van der Waals surface area contributed by atoms with Crippen molar-refractivity contribution in [3.8, 4) is 17.6 Å². The maximum Gasteiger partial charge on any atom is 0.327 e. The number of benzene rings is 1. The average Bonchev–Trinajstić information content (AvgIpc) is 2.72. The molecule has 0 atom stereocenters. The van der Waals surface area contributed by atoms with Crippen LogP contribution in [0, 0.1) is 11.8 Å². The lowest BCUT2D eigenvalue weighted by Crippen LogP contribution is -2.35. The van der Waals surface area contributed by atoms with Crippen LogP contribution in [0.5, 0.6) is 5.75 Å². The van der Waals surface area contributed by atoms with Gasteiger partial charge in [0.2, 0.25) is 5.91 Å². The number of imide groups is 1. The molecule has 1 aromatic rings. The number of hydrogen-bond acceptors (Lipinski definition) is 4. The summed E-state index contributed by atoms with van der Waals surface area (Å²) in [4.78, 5) is 25.8. The van der Waals surface area contributed by atoms with Gasteiger partial charge in [0.15, 0.2) is 0 Å². The zero-order valence-electron chi connectivity index (χ0n) is 11.8. The molecule has 21 heavy (non-hydrogen) atoms. The Balaban J connectivity index is 1.84. The predicted octanol–water partition coefficient (Wildman–Crippen LogP) is 0.270. The second kappa shape index (κ2) is 6.77. The Morgan fingerprint density at radius 1 is 1.29 bits per heavy atom. The van der Waals surface area contributed by atoms with E-state index in [1.54, 1.807) is 19.2 Å². The van der Waals surface area contributed by atoms with Crippen LogP contribution in [0.1, 0.15) is 5.56 Å². The van der Waals surface area contributed by atoms with Crippen LogP contribution in [0.2, 0.25) is 0 Å². The summed E-state index contributed by atoms with van der Waals surface area (Å²) in [7, 11) is 1.60.